The topological polar surface area (TPSA) is 51.8 Å². The van der Waals surface area contributed by atoms with Gasteiger partial charge in [0.1, 0.15) is 16.8 Å². The lowest BCUT2D eigenvalue weighted by atomic mass is 10.2. The summed E-state index contributed by atoms with van der Waals surface area (Å²) in [5, 5.41) is 0.425. The van der Waals surface area contributed by atoms with Crippen LogP contribution >= 0.6 is 11.6 Å². The molecule has 0 fully saturated rings. The first-order valence-corrected chi connectivity index (χ1v) is 4.39. The van der Waals surface area contributed by atoms with E-state index in [0.717, 1.165) is 25.1 Å². The van der Waals surface area contributed by atoms with Crippen LogP contribution in [0, 0.1) is 0 Å². The van der Waals surface area contributed by atoms with Gasteiger partial charge < -0.3 is 5.73 Å². The minimum atomic E-state index is 0.425. The van der Waals surface area contributed by atoms with E-state index in [2.05, 4.69) is 16.9 Å². The second-order valence-corrected chi connectivity index (χ2v) is 3.02. The lowest BCUT2D eigenvalue weighted by Crippen LogP contribution is -1.99. The monoisotopic (exact) mass is 185 g/mol. The molecular weight excluding hydrogens is 174 g/mol. The Morgan fingerprint density at radius 1 is 1.50 bits per heavy atom. The number of rotatable bonds is 3. The number of aryl methyl sites for hydroxylation is 1. The van der Waals surface area contributed by atoms with Crippen LogP contribution in [0.1, 0.15) is 25.6 Å². The molecule has 2 N–H and O–H groups in total. The van der Waals surface area contributed by atoms with Crippen molar-refractivity contribution in [1.82, 2.24) is 9.97 Å². The Balaban J connectivity index is 2.72. The van der Waals surface area contributed by atoms with Crippen molar-refractivity contribution >= 4 is 17.4 Å². The van der Waals surface area contributed by atoms with Crippen molar-refractivity contribution in [3.05, 3.63) is 17.0 Å². The highest BCUT2D eigenvalue weighted by molar-refractivity contribution is 6.29. The molecule has 1 aromatic rings. The van der Waals surface area contributed by atoms with Crippen molar-refractivity contribution in [3.8, 4) is 0 Å². The highest BCUT2D eigenvalue weighted by Gasteiger charge is 1.99. The molecule has 0 spiro atoms. The van der Waals surface area contributed by atoms with Crippen molar-refractivity contribution in [2.75, 3.05) is 5.73 Å². The second kappa shape index (κ2) is 4.26. The number of hydrogen-bond donors (Lipinski definition) is 1. The standard InChI is InChI=1S/C8H12ClN3/c1-2-3-4-8-11-6(9)5-7(10)12-8/h5H,2-4H2,1H3,(H2,10,11,12). The van der Waals surface area contributed by atoms with E-state index >= 15 is 0 Å². The van der Waals surface area contributed by atoms with E-state index in [-0.39, 0.29) is 0 Å². The molecule has 0 aliphatic rings. The quantitative estimate of drug-likeness (QED) is 0.734. The van der Waals surface area contributed by atoms with Gasteiger partial charge in [0.2, 0.25) is 0 Å². The van der Waals surface area contributed by atoms with E-state index in [1.165, 1.54) is 0 Å². The van der Waals surface area contributed by atoms with Crippen LogP contribution in [0.5, 0.6) is 0 Å². The van der Waals surface area contributed by atoms with Gasteiger partial charge in [0, 0.05) is 12.5 Å². The Morgan fingerprint density at radius 3 is 2.83 bits per heavy atom. The Morgan fingerprint density at radius 2 is 2.25 bits per heavy atom. The number of aromatic nitrogens is 2. The molecule has 1 heterocycles. The normalized spacial score (nSPS) is 10.2. The zero-order valence-electron chi connectivity index (χ0n) is 7.05. The summed E-state index contributed by atoms with van der Waals surface area (Å²) in [5.74, 6) is 1.18. The van der Waals surface area contributed by atoms with E-state index in [4.69, 9.17) is 17.3 Å². The second-order valence-electron chi connectivity index (χ2n) is 2.64. The summed E-state index contributed by atoms with van der Waals surface area (Å²) in [6, 6.07) is 1.55. The van der Waals surface area contributed by atoms with Crippen LogP contribution in [0.3, 0.4) is 0 Å². The van der Waals surface area contributed by atoms with Gasteiger partial charge in [-0.3, -0.25) is 0 Å². The van der Waals surface area contributed by atoms with Crippen LogP contribution in [0.4, 0.5) is 5.82 Å². The van der Waals surface area contributed by atoms with Gasteiger partial charge in [-0.05, 0) is 6.42 Å². The summed E-state index contributed by atoms with van der Waals surface area (Å²) in [5.41, 5.74) is 5.50. The summed E-state index contributed by atoms with van der Waals surface area (Å²) < 4.78 is 0. The zero-order valence-corrected chi connectivity index (χ0v) is 7.80. The number of unbranched alkanes of at least 4 members (excludes halogenated alkanes) is 1. The fraction of sp³-hybridized carbons (Fsp3) is 0.500. The molecule has 0 unspecified atom stereocenters. The highest BCUT2D eigenvalue weighted by Crippen LogP contribution is 2.09. The van der Waals surface area contributed by atoms with Gasteiger partial charge in [-0.2, -0.15) is 0 Å². The van der Waals surface area contributed by atoms with Crippen LogP contribution in [0.2, 0.25) is 5.15 Å². The van der Waals surface area contributed by atoms with Crippen LogP contribution < -0.4 is 5.73 Å². The Kier molecular flexibility index (Phi) is 3.29. The number of nitrogens with two attached hydrogens (primary N) is 1. The Labute approximate surface area is 77.0 Å². The summed E-state index contributed by atoms with van der Waals surface area (Å²) in [6.45, 7) is 2.12. The first-order chi connectivity index (χ1) is 5.72. The molecule has 0 aromatic carbocycles. The molecule has 0 bridgehead atoms. The zero-order chi connectivity index (χ0) is 8.97. The molecule has 3 nitrogen and oxygen atoms in total. The number of nitrogens with zero attached hydrogens (tertiary/aromatic N) is 2. The molecule has 0 saturated heterocycles. The van der Waals surface area contributed by atoms with E-state index in [1.54, 1.807) is 6.07 Å². The minimum absolute atomic E-state index is 0.425. The van der Waals surface area contributed by atoms with E-state index < -0.39 is 0 Å². The maximum atomic E-state index is 5.70. The molecule has 0 saturated carbocycles. The van der Waals surface area contributed by atoms with Crippen LogP contribution in [0.25, 0.3) is 0 Å². The maximum Gasteiger partial charge on any atom is 0.134 e. The van der Waals surface area contributed by atoms with Gasteiger partial charge >= 0.3 is 0 Å². The summed E-state index contributed by atoms with van der Waals surface area (Å²) in [6.07, 6.45) is 3.04. The molecule has 0 atom stereocenters. The number of halogens is 1. The Bertz CT molecular complexity index is 242. The van der Waals surface area contributed by atoms with Gasteiger partial charge in [0.05, 0.1) is 0 Å². The number of hydrogen-bond acceptors (Lipinski definition) is 3. The fourth-order valence-corrected chi connectivity index (χ4v) is 1.14. The molecule has 4 heteroatoms. The first-order valence-electron chi connectivity index (χ1n) is 4.01. The van der Waals surface area contributed by atoms with Crippen LogP contribution in [0.15, 0.2) is 6.07 Å². The molecular formula is C8H12ClN3. The SMILES string of the molecule is CCCCc1nc(N)cc(Cl)n1. The van der Waals surface area contributed by atoms with Crippen molar-refractivity contribution in [3.63, 3.8) is 0 Å². The molecule has 0 amide bonds. The van der Waals surface area contributed by atoms with Gasteiger partial charge in [0.25, 0.3) is 0 Å². The van der Waals surface area contributed by atoms with Gasteiger partial charge in [0.15, 0.2) is 0 Å². The average Bonchev–Trinajstić information content (AvgIpc) is 1.99. The fourth-order valence-electron chi connectivity index (χ4n) is 0.931. The lowest BCUT2D eigenvalue weighted by molar-refractivity contribution is 0.753. The molecule has 0 aliphatic carbocycles. The maximum absolute atomic E-state index is 5.70. The molecule has 0 aliphatic heterocycles. The minimum Gasteiger partial charge on any atom is -0.384 e. The smallest absolute Gasteiger partial charge is 0.134 e. The molecule has 1 rings (SSSR count). The van der Waals surface area contributed by atoms with E-state index in [0.29, 0.717) is 11.0 Å². The third-order valence-corrected chi connectivity index (χ3v) is 1.71. The Hall–Kier alpha value is -0.830. The van der Waals surface area contributed by atoms with Crippen LogP contribution in [-0.2, 0) is 6.42 Å². The van der Waals surface area contributed by atoms with Gasteiger partial charge in [-0.1, -0.05) is 24.9 Å². The van der Waals surface area contributed by atoms with Crippen molar-refractivity contribution in [1.29, 1.82) is 0 Å². The average molecular weight is 186 g/mol. The number of nitrogen functional groups attached to an aromatic ring is 1. The van der Waals surface area contributed by atoms with Crippen molar-refractivity contribution < 1.29 is 0 Å². The largest absolute Gasteiger partial charge is 0.384 e. The third-order valence-electron chi connectivity index (χ3n) is 1.51. The van der Waals surface area contributed by atoms with Gasteiger partial charge in [-0.15, -0.1) is 0 Å². The van der Waals surface area contributed by atoms with Crippen molar-refractivity contribution in [2.24, 2.45) is 0 Å². The lowest BCUT2D eigenvalue weighted by Gasteiger charge is -1.99. The predicted molar refractivity (Wildman–Crippen MR) is 50.1 cm³/mol. The van der Waals surface area contributed by atoms with E-state index in [1.807, 2.05) is 0 Å². The van der Waals surface area contributed by atoms with Crippen LogP contribution in [-0.4, -0.2) is 9.97 Å². The summed E-state index contributed by atoms with van der Waals surface area (Å²) in [7, 11) is 0. The summed E-state index contributed by atoms with van der Waals surface area (Å²) in [4.78, 5) is 8.10. The third kappa shape index (κ3) is 2.66. The van der Waals surface area contributed by atoms with E-state index in [9.17, 15) is 0 Å². The number of anilines is 1. The molecule has 0 radical (unpaired) electrons. The summed E-state index contributed by atoms with van der Waals surface area (Å²) >= 11 is 5.70. The molecule has 1 aromatic heterocycles. The molecule has 12 heavy (non-hydrogen) atoms. The van der Waals surface area contributed by atoms with Gasteiger partial charge in [-0.25, -0.2) is 9.97 Å². The van der Waals surface area contributed by atoms with Crippen molar-refractivity contribution in [2.45, 2.75) is 26.2 Å². The predicted octanol–water partition coefficient (Wildman–Crippen LogP) is 2.05. The first kappa shape index (κ1) is 9.26. The molecule has 66 valence electrons. The highest BCUT2D eigenvalue weighted by atomic mass is 35.5.